The van der Waals surface area contributed by atoms with Crippen molar-refractivity contribution in [1.29, 1.82) is 0 Å². The minimum atomic E-state index is -0.375. The van der Waals surface area contributed by atoms with Crippen molar-refractivity contribution in [3.05, 3.63) is 0 Å². The molecule has 1 N–H and O–H groups in total. The van der Waals surface area contributed by atoms with E-state index in [1.807, 2.05) is 0 Å². The average molecular weight is 607 g/mol. The van der Waals surface area contributed by atoms with E-state index < -0.39 is 0 Å². The molecule has 0 rings (SSSR count). The largest absolute Gasteiger partial charge is 0.390 e. The highest BCUT2D eigenvalue weighted by molar-refractivity contribution is 4.78. The van der Waals surface area contributed by atoms with Crippen molar-refractivity contribution in [2.24, 2.45) is 0 Å². The number of hydrogen-bond acceptors (Lipinski definition) is 1. The first-order valence-electron chi connectivity index (χ1n) is 20.9. The number of hydrogen-bond donors (Lipinski definition) is 1. The summed E-state index contributed by atoms with van der Waals surface area (Å²) < 4.78 is 0. The summed E-state index contributed by atoms with van der Waals surface area (Å²) >= 11 is 0. The molecule has 0 saturated heterocycles. The van der Waals surface area contributed by atoms with Crippen LogP contribution in [0.5, 0.6) is 0 Å². The topological polar surface area (TPSA) is 20.2 Å². The molecule has 0 bridgehead atoms. The SMILES string of the molecule is CCCCCCCCCCCCCCCCCCCCCCC(O)(CCCCCCCC)CCCCCCCCCCC. The Morgan fingerprint density at radius 3 is 0.535 bits per heavy atom. The van der Waals surface area contributed by atoms with Crippen LogP contribution in [0.15, 0.2) is 0 Å². The van der Waals surface area contributed by atoms with Gasteiger partial charge in [0.1, 0.15) is 0 Å². The zero-order valence-electron chi connectivity index (χ0n) is 30.8. The molecule has 1 heteroatoms. The summed E-state index contributed by atoms with van der Waals surface area (Å²) in [6, 6.07) is 0. The van der Waals surface area contributed by atoms with Crippen molar-refractivity contribution in [3.8, 4) is 0 Å². The fraction of sp³-hybridized carbons (Fsp3) is 1.00. The minimum Gasteiger partial charge on any atom is -0.390 e. The molecular formula is C42H86O. The normalized spacial score (nSPS) is 13.1. The van der Waals surface area contributed by atoms with Gasteiger partial charge in [-0.25, -0.2) is 0 Å². The third-order valence-electron chi connectivity index (χ3n) is 10.2. The first-order chi connectivity index (χ1) is 21.2. The standard InChI is InChI=1S/C42H86O/c1-4-7-10-13-16-18-19-20-21-22-23-24-25-26-27-28-30-32-35-38-41-42(43,39-36-33-15-12-9-6-3)40-37-34-31-29-17-14-11-8-5-2/h43H,4-41H2,1-3H3. The van der Waals surface area contributed by atoms with E-state index in [0.717, 1.165) is 19.3 Å². The Labute approximate surface area is 274 Å². The van der Waals surface area contributed by atoms with Crippen molar-refractivity contribution in [2.45, 2.75) is 270 Å². The third kappa shape index (κ3) is 34.7. The summed E-state index contributed by atoms with van der Waals surface area (Å²) in [5.74, 6) is 0. The molecule has 0 heterocycles. The van der Waals surface area contributed by atoms with Gasteiger partial charge in [0.2, 0.25) is 0 Å². The molecule has 0 aliphatic carbocycles. The molecule has 0 radical (unpaired) electrons. The Bertz CT molecular complexity index is 487. The molecule has 0 spiro atoms. The molecule has 0 aliphatic rings. The monoisotopic (exact) mass is 607 g/mol. The highest BCUT2D eigenvalue weighted by Gasteiger charge is 2.25. The van der Waals surface area contributed by atoms with Gasteiger partial charge in [0.05, 0.1) is 5.60 Å². The van der Waals surface area contributed by atoms with Gasteiger partial charge in [0.25, 0.3) is 0 Å². The summed E-state index contributed by atoms with van der Waals surface area (Å²) in [6.07, 6.45) is 52.2. The minimum absolute atomic E-state index is 0.375. The highest BCUT2D eigenvalue weighted by atomic mass is 16.3. The molecule has 0 saturated carbocycles. The molecule has 0 fully saturated rings. The Morgan fingerprint density at radius 2 is 0.372 bits per heavy atom. The molecule has 0 aliphatic heterocycles. The van der Waals surface area contributed by atoms with Crippen LogP contribution in [-0.2, 0) is 0 Å². The first kappa shape index (κ1) is 43.0. The van der Waals surface area contributed by atoms with Crippen molar-refractivity contribution < 1.29 is 5.11 Å². The van der Waals surface area contributed by atoms with Crippen LogP contribution >= 0.6 is 0 Å². The Balaban J connectivity index is 3.77. The summed E-state index contributed by atoms with van der Waals surface area (Å²) in [4.78, 5) is 0. The second-order valence-electron chi connectivity index (χ2n) is 14.8. The van der Waals surface area contributed by atoms with E-state index in [1.165, 1.54) is 225 Å². The maximum atomic E-state index is 11.6. The van der Waals surface area contributed by atoms with E-state index in [1.54, 1.807) is 0 Å². The second kappa shape index (κ2) is 36.4. The number of unbranched alkanes of at least 4 members (excludes halogenated alkanes) is 32. The molecule has 43 heavy (non-hydrogen) atoms. The van der Waals surface area contributed by atoms with Crippen LogP contribution in [0, 0.1) is 0 Å². The van der Waals surface area contributed by atoms with Gasteiger partial charge in [-0.05, 0) is 19.3 Å². The van der Waals surface area contributed by atoms with Crippen LogP contribution < -0.4 is 0 Å². The number of rotatable bonds is 38. The van der Waals surface area contributed by atoms with Crippen LogP contribution in [-0.4, -0.2) is 10.7 Å². The highest BCUT2D eigenvalue weighted by Crippen LogP contribution is 2.29. The van der Waals surface area contributed by atoms with Gasteiger partial charge in [-0.1, -0.05) is 245 Å². The zero-order chi connectivity index (χ0) is 31.4. The van der Waals surface area contributed by atoms with Crippen LogP contribution in [0.2, 0.25) is 0 Å². The van der Waals surface area contributed by atoms with Gasteiger partial charge in [0.15, 0.2) is 0 Å². The van der Waals surface area contributed by atoms with E-state index in [0.29, 0.717) is 0 Å². The van der Waals surface area contributed by atoms with Crippen LogP contribution in [0.1, 0.15) is 265 Å². The molecule has 0 aromatic heterocycles. The molecule has 1 unspecified atom stereocenters. The predicted molar refractivity (Wildman–Crippen MR) is 197 cm³/mol. The van der Waals surface area contributed by atoms with Gasteiger partial charge < -0.3 is 5.11 Å². The molecule has 1 atom stereocenters. The molecule has 0 amide bonds. The molecule has 0 aromatic carbocycles. The van der Waals surface area contributed by atoms with E-state index >= 15 is 0 Å². The maximum absolute atomic E-state index is 11.6. The zero-order valence-corrected chi connectivity index (χ0v) is 30.8. The van der Waals surface area contributed by atoms with Crippen LogP contribution in [0.25, 0.3) is 0 Å². The van der Waals surface area contributed by atoms with Crippen LogP contribution in [0.3, 0.4) is 0 Å². The quantitative estimate of drug-likeness (QED) is 0.0693. The average Bonchev–Trinajstić information content (AvgIpc) is 3.01. The summed E-state index contributed by atoms with van der Waals surface area (Å²) in [6.45, 7) is 6.90. The Morgan fingerprint density at radius 1 is 0.233 bits per heavy atom. The molecule has 260 valence electrons. The molecular weight excluding hydrogens is 520 g/mol. The summed E-state index contributed by atoms with van der Waals surface area (Å²) in [7, 11) is 0. The molecule has 0 aromatic rings. The van der Waals surface area contributed by atoms with E-state index in [4.69, 9.17) is 0 Å². The smallest absolute Gasteiger partial charge is 0.0647 e. The van der Waals surface area contributed by atoms with Crippen molar-refractivity contribution >= 4 is 0 Å². The molecule has 1 nitrogen and oxygen atoms in total. The van der Waals surface area contributed by atoms with Crippen molar-refractivity contribution in [2.75, 3.05) is 0 Å². The summed E-state index contributed by atoms with van der Waals surface area (Å²) in [5, 5.41) is 11.6. The van der Waals surface area contributed by atoms with Gasteiger partial charge >= 0.3 is 0 Å². The van der Waals surface area contributed by atoms with Gasteiger partial charge in [-0.2, -0.15) is 0 Å². The van der Waals surface area contributed by atoms with Gasteiger partial charge in [-0.15, -0.1) is 0 Å². The predicted octanol–water partition coefficient (Wildman–Crippen LogP) is 15.6. The van der Waals surface area contributed by atoms with Crippen LogP contribution in [0.4, 0.5) is 0 Å². The lowest BCUT2D eigenvalue weighted by Crippen LogP contribution is -2.28. The lowest BCUT2D eigenvalue weighted by molar-refractivity contribution is 0.00704. The lowest BCUT2D eigenvalue weighted by Gasteiger charge is -2.29. The van der Waals surface area contributed by atoms with Gasteiger partial charge in [-0.3, -0.25) is 0 Å². The Kier molecular flexibility index (Phi) is 36.4. The maximum Gasteiger partial charge on any atom is 0.0647 e. The van der Waals surface area contributed by atoms with Crippen molar-refractivity contribution in [1.82, 2.24) is 0 Å². The third-order valence-corrected chi connectivity index (χ3v) is 10.2. The fourth-order valence-corrected chi connectivity index (χ4v) is 7.08. The second-order valence-corrected chi connectivity index (χ2v) is 14.8. The van der Waals surface area contributed by atoms with E-state index in [-0.39, 0.29) is 5.60 Å². The first-order valence-corrected chi connectivity index (χ1v) is 20.9. The fourth-order valence-electron chi connectivity index (χ4n) is 7.08. The Hall–Kier alpha value is -0.0400. The van der Waals surface area contributed by atoms with E-state index in [9.17, 15) is 5.11 Å². The lowest BCUT2D eigenvalue weighted by atomic mass is 9.85. The summed E-state index contributed by atoms with van der Waals surface area (Å²) in [5.41, 5.74) is -0.375. The number of aliphatic hydroxyl groups is 1. The van der Waals surface area contributed by atoms with Crippen molar-refractivity contribution in [3.63, 3.8) is 0 Å². The van der Waals surface area contributed by atoms with E-state index in [2.05, 4.69) is 20.8 Å². The van der Waals surface area contributed by atoms with Gasteiger partial charge in [0, 0.05) is 0 Å².